The maximum atomic E-state index is 12.4. The molecule has 0 amide bonds. The molecule has 0 aromatic carbocycles. The fraction of sp³-hybridized carbons (Fsp3) is 0.455. The Hall–Kier alpha value is -2.18. The Balaban J connectivity index is 2.61. The van der Waals surface area contributed by atoms with E-state index >= 15 is 0 Å². The van der Waals surface area contributed by atoms with Crippen LogP contribution in [0, 0.1) is 6.92 Å². The summed E-state index contributed by atoms with van der Waals surface area (Å²) in [6.07, 6.45) is 2.57. The fourth-order valence-electron chi connectivity index (χ4n) is 2.25. The third kappa shape index (κ3) is 1.24. The molecule has 7 nitrogen and oxygen atoms in total. The van der Waals surface area contributed by atoms with Gasteiger partial charge >= 0.3 is 5.69 Å². The van der Waals surface area contributed by atoms with Crippen LogP contribution in [-0.2, 0) is 13.6 Å². The zero-order valence-corrected chi connectivity index (χ0v) is 10.6. The van der Waals surface area contributed by atoms with Crippen LogP contribution in [0.25, 0.3) is 16.8 Å². The molecular weight excluding hydrogens is 232 g/mol. The van der Waals surface area contributed by atoms with Crippen LogP contribution in [0.3, 0.4) is 0 Å². The smallest absolute Gasteiger partial charge is 0.329 e. The van der Waals surface area contributed by atoms with Crippen molar-refractivity contribution in [1.29, 1.82) is 0 Å². The van der Waals surface area contributed by atoms with E-state index in [1.165, 1.54) is 0 Å². The lowest BCUT2D eigenvalue weighted by Crippen LogP contribution is -2.28. The predicted molar refractivity (Wildman–Crippen MR) is 66.5 cm³/mol. The van der Waals surface area contributed by atoms with E-state index < -0.39 is 0 Å². The average molecular weight is 246 g/mol. The van der Waals surface area contributed by atoms with Crippen LogP contribution in [0.4, 0.5) is 0 Å². The second-order valence-electron chi connectivity index (χ2n) is 4.37. The first kappa shape index (κ1) is 10.9. The van der Waals surface area contributed by atoms with Crippen molar-refractivity contribution in [1.82, 2.24) is 28.7 Å². The number of rotatable bonds is 2. The van der Waals surface area contributed by atoms with Gasteiger partial charge in [0, 0.05) is 13.6 Å². The normalized spacial score (nSPS) is 11.7. The highest BCUT2D eigenvalue weighted by Gasteiger charge is 2.17. The highest BCUT2D eigenvalue weighted by Crippen LogP contribution is 2.15. The van der Waals surface area contributed by atoms with Gasteiger partial charge in [0.1, 0.15) is 11.3 Å². The van der Waals surface area contributed by atoms with Crippen molar-refractivity contribution < 1.29 is 0 Å². The van der Waals surface area contributed by atoms with Crippen molar-refractivity contribution in [2.45, 2.75) is 26.8 Å². The van der Waals surface area contributed by atoms with Crippen molar-refractivity contribution in [3.63, 3.8) is 0 Å². The van der Waals surface area contributed by atoms with Gasteiger partial charge in [-0.15, -0.1) is 10.2 Å². The van der Waals surface area contributed by atoms with Gasteiger partial charge < -0.3 is 4.57 Å². The van der Waals surface area contributed by atoms with Gasteiger partial charge in [-0.05, 0) is 13.3 Å². The summed E-state index contributed by atoms with van der Waals surface area (Å²) in [5, 5.41) is 8.07. The summed E-state index contributed by atoms with van der Waals surface area (Å²) in [4.78, 5) is 16.7. The third-order valence-electron chi connectivity index (χ3n) is 3.08. The zero-order chi connectivity index (χ0) is 12.9. The molecule has 0 atom stereocenters. The molecule has 7 heteroatoms. The lowest BCUT2D eigenvalue weighted by atomic mass is 10.4. The van der Waals surface area contributed by atoms with E-state index in [1.54, 1.807) is 22.2 Å². The van der Waals surface area contributed by atoms with Crippen molar-refractivity contribution in [3.8, 4) is 0 Å². The largest absolute Gasteiger partial charge is 0.337 e. The van der Waals surface area contributed by atoms with E-state index in [2.05, 4.69) is 15.2 Å². The first-order valence-electron chi connectivity index (χ1n) is 5.90. The van der Waals surface area contributed by atoms with Crippen LogP contribution in [0.5, 0.6) is 0 Å². The lowest BCUT2D eigenvalue weighted by molar-refractivity contribution is 0.644. The van der Waals surface area contributed by atoms with Gasteiger partial charge in [-0.3, -0.25) is 4.57 Å². The Morgan fingerprint density at radius 1 is 1.28 bits per heavy atom. The molecule has 0 bridgehead atoms. The summed E-state index contributed by atoms with van der Waals surface area (Å²) in [6, 6.07) is 0. The minimum atomic E-state index is -0.124. The Labute approximate surface area is 103 Å². The molecule has 3 aromatic heterocycles. The molecule has 0 radical (unpaired) electrons. The second kappa shape index (κ2) is 3.66. The Bertz CT molecular complexity index is 793. The topological polar surface area (TPSA) is 70.0 Å². The molecule has 3 rings (SSSR count). The average Bonchev–Trinajstić information content (AvgIpc) is 2.89. The van der Waals surface area contributed by atoms with Gasteiger partial charge in [-0.2, -0.15) is 0 Å². The Morgan fingerprint density at radius 3 is 2.78 bits per heavy atom. The highest BCUT2D eigenvalue weighted by molar-refractivity contribution is 5.85. The number of hydrogen-bond acceptors (Lipinski definition) is 4. The Kier molecular flexibility index (Phi) is 2.22. The van der Waals surface area contributed by atoms with Crippen LogP contribution in [0.15, 0.2) is 11.1 Å². The number of nitrogens with zero attached hydrogens (tertiary/aromatic N) is 6. The van der Waals surface area contributed by atoms with Gasteiger partial charge in [0.15, 0.2) is 11.3 Å². The van der Waals surface area contributed by atoms with Gasteiger partial charge in [0.25, 0.3) is 0 Å². The van der Waals surface area contributed by atoms with Crippen molar-refractivity contribution in [3.05, 3.63) is 22.6 Å². The van der Waals surface area contributed by atoms with E-state index in [0.29, 0.717) is 23.7 Å². The fourth-order valence-corrected chi connectivity index (χ4v) is 2.25. The van der Waals surface area contributed by atoms with Gasteiger partial charge in [-0.25, -0.2) is 14.2 Å². The number of imidazole rings is 1. The van der Waals surface area contributed by atoms with Crippen LogP contribution in [0.1, 0.15) is 19.2 Å². The van der Waals surface area contributed by atoms with E-state index in [4.69, 9.17) is 0 Å². The molecule has 0 aliphatic rings. The summed E-state index contributed by atoms with van der Waals surface area (Å²) < 4.78 is 5.09. The molecule has 3 aromatic rings. The summed E-state index contributed by atoms with van der Waals surface area (Å²) in [5.41, 5.74) is 1.95. The van der Waals surface area contributed by atoms with Crippen molar-refractivity contribution in [2.75, 3.05) is 0 Å². The molecule has 0 aliphatic heterocycles. The summed E-state index contributed by atoms with van der Waals surface area (Å²) in [6.45, 7) is 4.45. The summed E-state index contributed by atoms with van der Waals surface area (Å²) in [7, 11) is 1.89. The number of fused-ring (bicyclic) bond motifs is 3. The van der Waals surface area contributed by atoms with Gasteiger partial charge in [-0.1, -0.05) is 6.92 Å². The molecule has 94 valence electrons. The van der Waals surface area contributed by atoms with E-state index in [0.717, 1.165) is 11.9 Å². The molecule has 18 heavy (non-hydrogen) atoms. The monoisotopic (exact) mass is 246 g/mol. The molecule has 0 N–H and O–H groups in total. The molecule has 0 saturated heterocycles. The Morgan fingerprint density at radius 2 is 2.06 bits per heavy atom. The summed E-state index contributed by atoms with van der Waals surface area (Å²) in [5.74, 6) is 0.600. The van der Waals surface area contributed by atoms with Gasteiger partial charge in [0.2, 0.25) is 0 Å². The highest BCUT2D eigenvalue weighted by atomic mass is 16.1. The third-order valence-corrected chi connectivity index (χ3v) is 3.08. The number of hydrogen-bond donors (Lipinski definition) is 0. The number of aromatic nitrogens is 6. The molecule has 0 aliphatic carbocycles. The van der Waals surface area contributed by atoms with E-state index in [1.807, 2.05) is 18.5 Å². The molecule has 0 saturated carbocycles. The molecule has 0 fully saturated rings. The SMILES string of the molecule is CCCn1c(=O)n2c(C)nnc2c2c1ncn2C. The van der Waals surface area contributed by atoms with Crippen molar-refractivity contribution >= 4 is 16.8 Å². The first-order chi connectivity index (χ1) is 8.65. The lowest BCUT2D eigenvalue weighted by Gasteiger charge is -2.07. The van der Waals surface area contributed by atoms with E-state index in [9.17, 15) is 4.79 Å². The van der Waals surface area contributed by atoms with Crippen LogP contribution >= 0.6 is 0 Å². The minimum absolute atomic E-state index is 0.124. The minimum Gasteiger partial charge on any atom is -0.329 e. The standard InChI is InChI=1S/C11H14N6O/c1-4-5-16-9-8(15(3)6-12-9)10-14-13-7(2)17(10)11(16)18/h6H,4-5H2,1-3H3. The second-order valence-corrected chi connectivity index (χ2v) is 4.37. The summed E-state index contributed by atoms with van der Waals surface area (Å²) >= 11 is 0. The van der Waals surface area contributed by atoms with Crippen LogP contribution in [0.2, 0.25) is 0 Å². The maximum Gasteiger partial charge on any atom is 0.337 e. The molecule has 0 spiro atoms. The zero-order valence-electron chi connectivity index (χ0n) is 10.6. The molecule has 3 heterocycles. The van der Waals surface area contributed by atoms with Crippen LogP contribution in [-0.4, -0.2) is 28.7 Å². The van der Waals surface area contributed by atoms with Crippen molar-refractivity contribution in [2.24, 2.45) is 7.05 Å². The van der Waals surface area contributed by atoms with E-state index in [-0.39, 0.29) is 5.69 Å². The van der Waals surface area contributed by atoms with Gasteiger partial charge in [0.05, 0.1) is 6.33 Å². The maximum absolute atomic E-state index is 12.4. The molecular formula is C11H14N6O. The molecule has 0 unspecified atom stereocenters. The predicted octanol–water partition coefficient (Wildman–Crippen LogP) is 0.496. The quantitative estimate of drug-likeness (QED) is 0.660. The first-order valence-corrected chi connectivity index (χ1v) is 5.90. The number of aryl methyl sites for hydroxylation is 3. The van der Waals surface area contributed by atoms with Crippen LogP contribution < -0.4 is 5.69 Å².